The number of nitrogens with zero attached hydrogens (tertiary/aromatic N) is 2. The highest BCUT2D eigenvalue weighted by atomic mass is 32.1. The molecule has 4 nitrogen and oxygen atoms in total. The zero-order valence-electron chi connectivity index (χ0n) is 13.6. The highest BCUT2D eigenvalue weighted by Gasteiger charge is 2.33. The average Bonchev–Trinajstić information content (AvgIpc) is 2.52. The number of hydrogen-bond acceptors (Lipinski definition) is 3. The summed E-state index contributed by atoms with van der Waals surface area (Å²) in [7, 11) is 1.56. The van der Waals surface area contributed by atoms with Gasteiger partial charge in [0.05, 0.1) is 18.2 Å². The van der Waals surface area contributed by atoms with Crippen molar-refractivity contribution in [2.75, 3.05) is 33.4 Å². The maximum atomic E-state index is 12.7. The number of piperazine rings is 1. The van der Waals surface area contributed by atoms with E-state index in [1.807, 2.05) is 6.92 Å². The minimum Gasteiger partial charge on any atom is -0.383 e. The van der Waals surface area contributed by atoms with E-state index in [-0.39, 0.29) is 17.3 Å². The van der Waals surface area contributed by atoms with Gasteiger partial charge in [-0.3, -0.25) is 9.69 Å². The van der Waals surface area contributed by atoms with Crippen LogP contribution < -0.4 is 0 Å². The highest BCUT2D eigenvalue weighted by Crippen LogP contribution is 2.32. The summed E-state index contributed by atoms with van der Waals surface area (Å²) in [5.74, 6) is 0. The van der Waals surface area contributed by atoms with E-state index in [1.165, 1.54) is 12.1 Å². The topological polar surface area (TPSA) is 32.8 Å². The van der Waals surface area contributed by atoms with Crippen molar-refractivity contribution in [2.24, 2.45) is 0 Å². The fraction of sp³-hybridized carbons (Fsp3) is 0.562. The molecule has 1 aliphatic rings. The molecule has 0 spiro atoms. The molecule has 134 valence electrons. The SMILES string of the molecule is COC[C@@H](c1ccc(C(F)(F)F)cc1)N1CCN(C(=O)S)C[C@@H]1C. The summed E-state index contributed by atoms with van der Waals surface area (Å²) in [4.78, 5) is 15.2. The van der Waals surface area contributed by atoms with E-state index in [0.29, 0.717) is 26.2 Å². The van der Waals surface area contributed by atoms with Gasteiger partial charge in [0.25, 0.3) is 5.24 Å². The molecule has 1 saturated heterocycles. The largest absolute Gasteiger partial charge is 0.416 e. The van der Waals surface area contributed by atoms with Crippen LogP contribution >= 0.6 is 12.6 Å². The molecule has 0 aromatic heterocycles. The third-order valence-corrected chi connectivity index (χ3v) is 4.58. The number of hydrogen-bond donors (Lipinski definition) is 1. The summed E-state index contributed by atoms with van der Waals surface area (Å²) >= 11 is 3.85. The van der Waals surface area contributed by atoms with Crippen LogP contribution in [-0.4, -0.2) is 54.4 Å². The number of carbonyl (C=O) groups excluding carboxylic acids is 1. The molecule has 2 atom stereocenters. The van der Waals surface area contributed by atoms with Crippen molar-refractivity contribution in [3.63, 3.8) is 0 Å². The Hall–Kier alpha value is -1.25. The van der Waals surface area contributed by atoms with Crippen molar-refractivity contribution in [1.82, 2.24) is 9.80 Å². The minimum absolute atomic E-state index is 0.0530. The lowest BCUT2D eigenvalue weighted by molar-refractivity contribution is -0.137. The van der Waals surface area contributed by atoms with Gasteiger partial charge in [0.1, 0.15) is 0 Å². The first-order valence-electron chi connectivity index (χ1n) is 7.63. The Morgan fingerprint density at radius 2 is 1.96 bits per heavy atom. The summed E-state index contributed by atoms with van der Waals surface area (Å²) in [5.41, 5.74) is 0.100. The second kappa shape index (κ2) is 7.76. The zero-order chi connectivity index (χ0) is 17.9. The van der Waals surface area contributed by atoms with Crippen molar-refractivity contribution >= 4 is 17.9 Å². The molecule has 1 heterocycles. The van der Waals surface area contributed by atoms with Crippen LogP contribution in [0.3, 0.4) is 0 Å². The molecule has 1 fully saturated rings. The summed E-state index contributed by atoms with van der Waals surface area (Å²) in [6, 6.07) is 5.07. The molecule has 0 N–H and O–H groups in total. The number of rotatable bonds is 4. The molecule has 1 aliphatic heterocycles. The van der Waals surface area contributed by atoms with Crippen LogP contribution in [0.15, 0.2) is 24.3 Å². The predicted octanol–water partition coefficient (Wildman–Crippen LogP) is 3.45. The van der Waals surface area contributed by atoms with E-state index in [0.717, 1.165) is 17.7 Å². The number of carbonyl (C=O) groups is 1. The Balaban J connectivity index is 2.19. The molecule has 0 radical (unpaired) electrons. The number of alkyl halides is 3. The second-order valence-electron chi connectivity index (χ2n) is 5.91. The Bertz CT molecular complexity index is 565. The molecule has 1 aromatic rings. The third-order valence-electron chi connectivity index (χ3n) is 4.30. The van der Waals surface area contributed by atoms with Gasteiger partial charge in [-0.2, -0.15) is 13.2 Å². The maximum absolute atomic E-state index is 12.7. The Labute approximate surface area is 145 Å². The average molecular weight is 362 g/mol. The van der Waals surface area contributed by atoms with E-state index >= 15 is 0 Å². The quantitative estimate of drug-likeness (QED) is 0.833. The van der Waals surface area contributed by atoms with Crippen molar-refractivity contribution in [1.29, 1.82) is 0 Å². The molecular weight excluding hydrogens is 341 g/mol. The number of benzene rings is 1. The smallest absolute Gasteiger partial charge is 0.383 e. The summed E-state index contributed by atoms with van der Waals surface area (Å²) in [6.45, 7) is 4.03. The summed E-state index contributed by atoms with van der Waals surface area (Å²) in [5, 5.41) is -0.265. The third kappa shape index (κ3) is 4.43. The summed E-state index contributed by atoms with van der Waals surface area (Å²) < 4.78 is 43.4. The lowest BCUT2D eigenvalue weighted by atomic mass is 10.0. The highest BCUT2D eigenvalue weighted by molar-refractivity contribution is 7.96. The van der Waals surface area contributed by atoms with Gasteiger partial charge in [0, 0.05) is 32.8 Å². The summed E-state index contributed by atoms with van der Waals surface area (Å²) in [6.07, 6.45) is -4.35. The molecule has 2 rings (SSSR count). The van der Waals surface area contributed by atoms with Crippen LogP contribution in [0.4, 0.5) is 18.0 Å². The number of halogens is 3. The fourth-order valence-corrected chi connectivity index (χ4v) is 3.23. The van der Waals surface area contributed by atoms with Crippen molar-refractivity contribution in [2.45, 2.75) is 25.2 Å². The normalized spacial score (nSPS) is 20.9. The van der Waals surface area contributed by atoms with Gasteiger partial charge in [-0.15, -0.1) is 0 Å². The van der Waals surface area contributed by atoms with E-state index in [1.54, 1.807) is 12.0 Å². The van der Waals surface area contributed by atoms with E-state index < -0.39 is 11.7 Å². The maximum Gasteiger partial charge on any atom is 0.416 e. The number of amides is 1. The van der Waals surface area contributed by atoms with E-state index in [4.69, 9.17) is 4.74 Å². The van der Waals surface area contributed by atoms with Crippen molar-refractivity contribution < 1.29 is 22.7 Å². The van der Waals surface area contributed by atoms with Crippen LogP contribution in [0, 0.1) is 0 Å². The van der Waals surface area contributed by atoms with Crippen LogP contribution in [0.5, 0.6) is 0 Å². The Kier molecular flexibility index (Phi) is 6.17. The minimum atomic E-state index is -4.35. The molecule has 0 bridgehead atoms. The Morgan fingerprint density at radius 1 is 1.33 bits per heavy atom. The second-order valence-corrected chi connectivity index (χ2v) is 6.29. The fourth-order valence-electron chi connectivity index (χ4n) is 3.04. The lowest BCUT2D eigenvalue weighted by Gasteiger charge is -2.43. The number of ether oxygens (including phenoxy) is 1. The van der Waals surface area contributed by atoms with Gasteiger partial charge in [-0.25, -0.2) is 0 Å². The molecular formula is C16H21F3N2O2S. The standard InChI is InChI=1S/C16H21F3N2O2S/c1-11-9-20(15(22)24)7-8-21(11)14(10-23-2)12-3-5-13(6-4-12)16(17,18)19/h3-6,11,14H,7-10H2,1-2H3,(H,22,24)/t11-,14-/m0/s1. The first kappa shape index (κ1) is 19.1. The molecule has 0 saturated carbocycles. The Morgan fingerprint density at radius 3 is 2.42 bits per heavy atom. The van der Waals surface area contributed by atoms with E-state index in [2.05, 4.69) is 17.5 Å². The molecule has 8 heteroatoms. The molecule has 0 unspecified atom stereocenters. The van der Waals surface area contributed by atoms with Crippen LogP contribution in [0.2, 0.25) is 0 Å². The van der Waals surface area contributed by atoms with Gasteiger partial charge in [-0.1, -0.05) is 24.8 Å². The monoisotopic (exact) mass is 362 g/mol. The zero-order valence-corrected chi connectivity index (χ0v) is 14.5. The first-order chi connectivity index (χ1) is 11.2. The van der Waals surface area contributed by atoms with Gasteiger partial charge in [0.2, 0.25) is 0 Å². The van der Waals surface area contributed by atoms with Crippen LogP contribution in [-0.2, 0) is 10.9 Å². The number of thiol groups is 1. The van der Waals surface area contributed by atoms with Crippen LogP contribution in [0.25, 0.3) is 0 Å². The molecule has 0 aliphatic carbocycles. The van der Waals surface area contributed by atoms with Crippen molar-refractivity contribution in [3.8, 4) is 0 Å². The van der Waals surface area contributed by atoms with Crippen molar-refractivity contribution in [3.05, 3.63) is 35.4 Å². The van der Waals surface area contributed by atoms with Gasteiger partial charge in [-0.05, 0) is 24.6 Å². The van der Waals surface area contributed by atoms with E-state index in [9.17, 15) is 18.0 Å². The number of methoxy groups -OCH3 is 1. The lowest BCUT2D eigenvalue weighted by Crippen LogP contribution is -2.54. The molecule has 1 aromatic carbocycles. The predicted molar refractivity (Wildman–Crippen MR) is 88.2 cm³/mol. The first-order valence-corrected chi connectivity index (χ1v) is 8.08. The molecule has 1 amide bonds. The van der Waals surface area contributed by atoms with Gasteiger partial charge in [0.15, 0.2) is 0 Å². The van der Waals surface area contributed by atoms with Crippen LogP contribution in [0.1, 0.15) is 24.1 Å². The van der Waals surface area contributed by atoms with Gasteiger partial charge < -0.3 is 9.64 Å². The van der Waals surface area contributed by atoms with Gasteiger partial charge >= 0.3 is 6.18 Å². The molecule has 24 heavy (non-hydrogen) atoms.